The summed E-state index contributed by atoms with van der Waals surface area (Å²) < 4.78 is 11.4. The van der Waals surface area contributed by atoms with Gasteiger partial charge in [-0.2, -0.15) is 0 Å². The van der Waals surface area contributed by atoms with Crippen LogP contribution in [0.4, 0.5) is 4.79 Å². The molecular weight excluding hydrogens is 316 g/mol. The van der Waals surface area contributed by atoms with Crippen LogP contribution in [0.15, 0.2) is 24.3 Å². The predicted octanol–water partition coefficient (Wildman–Crippen LogP) is 3.54. The molecule has 5 heteroatoms. The van der Waals surface area contributed by atoms with Crippen molar-refractivity contribution in [2.24, 2.45) is 0 Å². The van der Waals surface area contributed by atoms with Gasteiger partial charge in [0.15, 0.2) is 0 Å². The number of amides is 2. The minimum absolute atomic E-state index is 0.104. The van der Waals surface area contributed by atoms with Crippen LogP contribution in [0, 0.1) is 0 Å². The SMILES string of the molecule is CC(C)c1ccc(C(C)(C)NC(=O)NCC2COC(C)(C)CO2)cc1. The van der Waals surface area contributed by atoms with Crippen LogP contribution in [-0.4, -0.2) is 37.5 Å². The highest BCUT2D eigenvalue weighted by Gasteiger charge is 2.29. The molecule has 1 saturated heterocycles. The van der Waals surface area contributed by atoms with Crippen molar-refractivity contribution >= 4 is 6.03 Å². The lowest BCUT2D eigenvalue weighted by atomic mass is 9.92. The van der Waals surface area contributed by atoms with Crippen molar-refractivity contribution in [3.05, 3.63) is 35.4 Å². The first-order valence-electron chi connectivity index (χ1n) is 9.01. The molecule has 25 heavy (non-hydrogen) atoms. The van der Waals surface area contributed by atoms with E-state index in [1.54, 1.807) is 0 Å². The van der Waals surface area contributed by atoms with E-state index in [1.165, 1.54) is 5.56 Å². The lowest BCUT2D eigenvalue weighted by Gasteiger charge is -2.35. The van der Waals surface area contributed by atoms with Gasteiger partial charge in [0.1, 0.15) is 0 Å². The van der Waals surface area contributed by atoms with Crippen LogP contribution in [-0.2, 0) is 15.0 Å². The number of carbonyl (C=O) groups is 1. The molecule has 2 N–H and O–H groups in total. The van der Waals surface area contributed by atoms with Crippen molar-refractivity contribution in [2.75, 3.05) is 19.8 Å². The van der Waals surface area contributed by atoms with E-state index in [9.17, 15) is 4.79 Å². The van der Waals surface area contributed by atoms with Crippen molar-refractivity contribution in [3.8, 4) is 0 Å². The Labute approximate surface area is 151 Å². The van der Waals surface area contributed by atoms with Gasteiger partial charge in [-0.1, -0.05) is 38.1 Å². The van der Waals surface area contributed by atoms with Crippen molar-refractivity contribution in [2.45, 2.75) is 64.7 Å². The maximum absolute atomic E-state index is 12.3. The average Bonchev–Trinajstić information content (AvgIpc) is 2.53. The smallest absolute Gasteiger partial charge is 0.315 e. The molecule has 0 radical (unpaired) electrons. The minimum Gasteiger partial charge on any atom is -0.371 e. The van der Waals surface area contributed by atoms with Crippen LogP contribution in [0.5, 0.6) is 0 Å². The number of hydrogen-bond acceptors (Lipinski definition) is 3. The molecule has 1 aliphatic rings. The molecule has 0 spiro atoms. The standard InChI is InChI=1S/C20H32N2O3/c1-14(2)15-7-9-16(10-8-15)20(5,6)22-18(23)21-11-17-12-25-19(3,4)13-24-17/h7-10,14,17H,11-13H2,1-6H3,(H2,21,22,23). The maximum atomic E-state index is 12.3. The van der Waals surface area contributed by atoms with Crippen LogP contribution in [0.25, 0.3) is 0 Å². The molecule has 1 aliphatic heterocycles. The van der Waals surface area contributed by atoms with Crippen molar-refractivity contribution in [1.29, 1.82) is 0 Å². The quantitative estimate of drug-likeness (QED) is 0.856. The topological polar surface area (TPSA) is 59.6 Å². The number of carbonyl (C=O) groups excluding carboxylic acids is 1. The molecule has 1 fully saturated rings. The Balaban J connectivity index is 1.84. The highest BCUT2D eigenvalue weighted by Crippen LogP contribution is 2.23. The van der Waals surface area contributed by atoms with E-state index in [-0.39, 0.29) is 17.7 Å². The zero-order valence-electron chi connectivity index (χ0n) is 16.3. The third-order valence-corrected chi connectivity index (χ3v) is 4.54. The zero-order chi connectivity index (χ0) is 18.7. The van der Waals surface area contributed by atoms with Crippen LogP contribution in [0.3, 0.4) is 0 Å². The van der Waals surface area contributed by atoms with E-state index in [1.807, 2.05) is 27.7 Å². The molecule has 0 aliphatic carbocycles. The fourth-order valence-electron chi connectivity index (χ4n) is 2.74. The van der Waals surface area contributed by atoms with E-state index in [0.29, 0.717) is 25.7 Å². The van der Waals surface area contributed by atoms with Gasteiger partial charge in [0, 0.05) is 6.54 Å². The molecular formula is C20H32N2O3. The van der Waals surface area contributed by atoms with Crippen LogP contribution in [0.2, 0.25) is 0 Å². The van der Waals surface area contributed by atoms with E-state index in [4.69, 9.17) is 9.47 Å². The lowest BCUT2D eigenvalue weighted by molar-refractivity contribution is -0.172. The van der Waals surface area contributed by atoms with Gasteiger partial charge >= 0.3 is 6.03 Å². The van der Waals surface area contributed by atoms with Gasteiger partial charge in [-0.05, 0) is 44.7 Å². The predicted molar refractivity (Wildman–Crippen MR) is 99.9 cm³/mol. The summed E-state index contributed by atoms with van der Waals surface area (Å²) >= 11 is 0. The third-order valence-electron chi connectivity index (χ3n) is 4.54. The fourth-order valence-corrected chi connectivity index (χ4v) is 2.74. The molecule has 1 aromatic carbocycles. The Morgan fingerprint density at radius 2 is 1.92 bits per heavy atom. The fraction of sp³-hybridized carbons (Fsp3) is 0.650. The van der Waals surface area contributed by atoms with Crippen molar-refractivity contribution in [3.63, 3.8) is 0 Å². The summed E-state index contributed by atoms with van der Waals surface area (Å²) in [4.78, 5) is 12.3. The molecule has 1 aromatic rings. The summed E-state index contributed by atoms with van der Waals surface area (Å²) in [5.41, 5.74) is 1.67. The minimum atomic E-state index is -0.453. The second-order valence-electron chi connectivity index (χ2n) is 8.24. The zero-order valence-corrected chi connectivity index (χ0v) is 16.3. The molecule has 1 atom stereocenters. The first-order chi connectivity index (χ1) is 11.6. The molecule has 0 bridgehead atoms. The van der Waals surface area contributed by atoms with E-state index in [2.05, 4.69) is 48.7 Å². The summed E-state index contributed by atoms with van der Waals surface area (Å²) in [5, 5.41) is 5.91. The van der Waals surface area contributed by atoms with Gasteiger partial charge in [0.2, 0.25) is 0 Å². The van der Waals surface area contributed by atoms with Gasteiger partial charge in [-0.15, -0.1) is 0 Å². The van der Waals surface area contributed by atoms with E-state index >= 15 is 0 Å². The number of hydrogen-bond donors (Lipinski definition) is 2. The summed E-state index contributed by atoms with van der Waals surface area (Å²) in [5.74, 6) is 0.496. The summed E-state index contributed by atoms with van der Waals surface area (Å²) in [7, 11) is 0. The highest BCUT2D eigenvalue weighted by atomic mass is 16.6. The Bertz CT molecular complexity index is 569. The van der Waals surface area contributed by atoms with Crippen molar-refractivity contribution < 1.29 is 14.3 Å². The molecule has 2 amide bonds. The van der Waals surface area contributed by atoms with E-state index in [0.717, 1.165) is 5.56 Å². The number of urea groups is 1. The Morgan fingerprint density at radius 3 is 2.44 bits per heavy atom. The Hall–Kier alpha value is -1.59. The largest absolute Gasteiger partial charge is 0.371 e. The monoisotopic (exact) mass is 348 g/mol. The first-order valence-corrected chi connectivity index (χ1v) is 9.01. The Kier molecular flexibility index (Phi) is 6.12. The summed E-state index contributed by atoms with van der Waals surface area (Å²) in [6.45, 7) is 13.8. The normalized spacial score (nSPS) is 20.4. The summed E-state index contributed by atoms with van der Waals surface area (Å²) in [6.07, 6.45) is -0.104. The molecule has 140 valence electrons. The molecule has 0 aromatic heterocycles. The molecule has 0 saturated carbocycles. The number of benzene rings is 1. The van der Waals surface area contributed by atoms with Gasteiger partial charge < -0.3 is 20.1 Å². The number of rotatable bonds is 5. The molecule has 2 rings (SSSR count). The van der Waals surface area contributed by atoms with Crippen LogP contribution >= 0.6 is 0 Å². The molecule has 1 heterocycles. The highest BCUT2D eigenvalue weighted by molar-refractivity contribution is 5.75. The van der Waals surface area contributed by atoms with E-state index < -0.39 is 5.54 Å². The van der Waals surface area contributed by atoms with Gasteiger partial charge in [-0.3, -0.25) is 0 Å². The summed E-state index contributed by atoms with van der Waals surface area (Å²) in [6, 6.07) is 8.20. The second kappa shape index (κ2) is 7.75. The number of nitrogens with one attached hydrogen (secondary N) is 2. The van der Waals surface area contributed by atoms with Gasteiger partial charge in [0.25, 0.3) is 0 Å². The third kappa shape index (κ3) is 5.72. The number of ether oxygens (including phenoxy) is 2. The van der Waals surface area contributed by atoms with Crippen LogP contribution in [0.1, 0.15) is 58.6 Å². The average molecular weight is 348 g/mol. The van der Waals surface area contributed by atoms with Crippen molar-refractivity contribution in [1.82, 2.24) is 10.6 Å². The van der Waals surface area contributed by atoms with Crippen LogP contribution < -0.4 is 10.6 Å². The Morgan fingerprint density at radius 1 is 1.28 bits per heavy atom. The lowest BCUT2D eigenvalue weighted by Crippen LogP contribution is -2.51. The second-order valence-corrected chi connectivity index (χ2v) is 8.24. The first kappa shape index (κ1) is 19.7. The van der Waals surface area contributed by atoms with Gasteiger partial charge in [-0.25, -0.2) is 4.79 Å². The molecule has 1 unspecified atom stereocenters. The molecule has 5 nitrogen and oxygen atoms in total. The van der Waals surface area contributed by atoms with Gasteiger partial charge in [0.05, 0.1) is 30.5 Å². The maximum Gasteiger partial charge on any atom is 0.315 e.